The number of hydrogen-bond donors (Lipinski definition) is 1. The third kappa shape index (κ3) is 3.68. The molecule has 2 bridgehead atoms. The molecule has 1 N–H and O–H groups in total. The van der Waals surface area contributed by atoms with Crippen molar-refractivity contribution in [1.29, 1.82) is 0 Å². The van der Waals surface area contributed by atoms with E-state index < -0.39 is 0 Å². The summed E-state index contributed by atoms with van der Waals surface area (Å²) in [6, 6.07) is 12.9. The predicted molar refractivity (Wildman–Crippen MR) is 103 cm³/mol. The Labute approximate surface area is 159 Å². The van der Waals surface area contributed by atoms with Crippen LogP contribution in [0.15, 0.2) is 53.2 Å². The SMILES string of the molecule is c1ccc(CN2CC3CCC(C2)N(Cc2ccc(-c4ccn[nH]4)o2)C3)nc1. The summed E-state index contributed by atoms with van der Waals surface area (Å²) in [5.74, 6) is 2.62. The number of pyridine rings is 1. The molecule has 6 heteroatoms. The summed E-state index contributed by atoms with van der Waals surface area (Å²) in [6.45, 7) is 5.27. The Balaban J connectivity index is 1.26. The molecule has 3 aliphatic heterocycles. The lowest BCUT2D eigenvalue weighted by Crippen LogP contribution is -2.43. The lowest BCUT2D eigenvalue weighted by atomic mass is 9.95. The maximum Gasteiger partial charge on any atom is 0.152 e. The van der Waals surface area contributed by atoms with Crippen LogP contribution >= 0.6 is 0 Å². The second kappa shape index (κ2) is 7.29. The largest absolute Gasteiger partial charge is 0.458 e. The molecule has 3 aromatic rings. The number of nitrogens with one attached hydrogen (secondary N) is 1. The van der Waals surface area contributed by atoms with E-state index >= 15 is 0 Å². The van der Waals surface area contributed by atoms with Crippen molar-refractivity contribution >= 4 is 0 Å². The van der Waals surface area contributed by atoms with Crippen LogP contribution in [0.4, 0.5) is 0 Å². The summed E-state index contributed by atoms with van der Waals surface area (Å²) in [4.78, 5) is 9.71. The zero-order valence-corrected chi connectivity index (χ0v) is 15.4. The van der Waals surface area contributed by atoms with Crippen molar-refractivity contribution in [3.05, 3.63) is 60.2 Å². The fourth-order valence-corrected chi connectivity index (χ4v) is 4.52. The first-order valence-electron chi connectivity index (χ1n) is 9.78. The maximum absolute atomic E-state index is 6.07. The molecular weight excluding hydrogens is 338 g/mol. The van der Waals surface area contributed by atoms with E-state index in [4.69, 9.17) is 4.42 Å². The molecular formula is C21H25N5O. The Morgan fingerprint density at radius 2 is 2.00 bits per heavy atom. The van der Waals surface area contributed by atoms with Crippen molar-refractivity contribution in [3.8, 4) is 11.5 Å². The number of furan rings is 1. The van der Waals surface area contributed by atoms with Crippen LogP contribution in [-0.2, 0) is 13.1 Å². The summed E-state index contributed by atoms with van der Waals surface area (Å²) in [5.41, 5.74) is 2.10. The Kier molecular flexibility index (Phi) is 4.51. The minimum atomic E-state index is 0.591. The summed E-state index contributed by atoms with van der Waals surface area (Å²) in [5, 5.41) is 6.97. The monoisotopic (exact) mass is 363 g/mol. The number of piperidine rings is 1. The molecule has 2 atom stereocenters. The van der Waals surface area contributed by atoms with Gasteiger partial charge in [-0.05, 0) is 49.1 Å². The topological polar surface area (TPSA) is 61.2 Å². The van der Waals surface area contributed by atoms with E-state index in [0.717, 1.165) is 49.3 Å². The highest BCUT2D eigenvalue weighted by Gasteiger charge is 2.35. The highest BCUT2D eigenvalue weighted by molar-refractivity contribution is 5.51. The van der Waals surface area contributed by atoms with Gasteiger partial charge in [0.25, 0.3) is 0 Å². The number of hydrogen-bond acceptors (Lipinski definition) is 5. The average molecular weight is 363 g/mol. The van der Waals surface area contributed by atoms with Gasteiger partial charge >= 0.3 is 0 Å². The van der Waals surface area contributed by atoms with Gasteiger partial charge in [0.05, 0.1) is 12.2 Å². The first kappa shape index (κ1) is 16.7. The lowest BCUT2D eigenvalue weighted by molar-refractivity contribution is 0.114. The van der Waals surface area contributed by atoms with Crippen LogP contribution in [0.1, 0.15) is 24.3 Å². The smallest absolute Gasteiger partial charge is 0.152 e. The molecule has 6 nitrogen and oxygen atoms in total. The molecule has 0 radical (unpaired) electrons. The molecule has 6 rings (SSSR count). The van der Waals surface area contributed by atoms with Crippen molar-refractivity contribution in [2.45, 2.75) is 32.0 Å². The first-order valence-corrected chi connectivity index (χ1v) is 9.78. The normalized spacial score (nSPS) is 23.6. The Morgan fingerprint density at radius 1 is 1.00 bits per heavy atom. The van der Waals surface area contributed by atoms with Crippen LogP contribution in [-0.4, -0.2) is 50.7 Å². The predicted octanol–water partition coefficient (Wildman–Crippen LogP) is 3.16. The molecule has 3 aliphatic rings. The minimum absolute atomic E-state index is 0.591. The minimum Gasteiger partial charge on any atom is -0.458 e. The van der Waals surface area contributed by atoms with Gasteiger partial charge in [-0.25, -0.2) is 0 Å². The fourth-order valence-electron chi connectivity index (χ4n) is 4.52. The molecule has 3 saturated heterocycles. The highest BCUT2D eigenvalue weighted by Crippen LogP contribution is 2.30. The van der Waals surface area contributed by atoms with Crippen molar-refractivity contribution < 1.29 is 4.42 Å². The second-order valence-corrected chi connectivity index (χ2v) is 7.78. The number of nitrogens with zero attached hydrogens (tertiary/aromatic N) is 4. The van der Waals surface area contributed by atoms with Crippen LogP contribution in [0.2, 0.25) is 0 Å². The van der Waals surface area contributed by atoms with Crippen molar-refractivity contribution in [3.63, 3.8) is 0 Å². The van der Waals surface area contributed by atoms with E-state index in [1.165, 1.54) is 25.1 Å². The summed E-state index contributed by atoms with van der Waals surface area (Å²) in [7, 11) is 0. The van der Waals surface area contributed by atoms with E-state index in [1.54, 1.807) is 6.20 Å². The number of fused-ring (bicyclic) bond motifs is 4. The molecule has 140 valence electrons. The maximum atomic E-state index is 6.07. The standard InChI is InChI=1S/C21H25N5O/c1-2-9-22-17(3-1)13-25-11-16-4-5-18(14-25)26(12-16)15-19-6-7-21(27-19)20-8-10-23-24-20/h1-3,6-10,16,18H,4-5,11-15H2,(H,23,24). The van der Waals surface area contributed by atoms with Crippen molar-refractivity contribution in [2.24, 2.45) is 5.92 Å². The molecule has 0 aromatic carbocycles. The molecule has 2 unspecified atom stereocenters. The van der Waals surface area contributed by atoms with Gasteiger partial charge in [0.15, 0.2) is 5.76 Å². The Hall–Kier alpha value is -2.44. The molecule has 3 aromatic heterocycles. The molecule has 0 spiro atoms. The lowest BCUT2D eigenvalue weighted by Gasteiger charge is -2.35. The summed E-state index contributed by atoms with van der Waals surface area (Å²) < 4.78 is 6.07. The van der Waals surface area contributed by atoms with Crippen LogP contribution in [0.3, 0.4) is 0 Å². The van der Waals surface area contributed by atoms with Crippen LogP contribution in [0.25, 0.3) is 11.5 Å². The van der Waals surface area contributed by atoms with Gasteiger partial charge in [0.1, 0.15) is 11.5 Å². The van der Waals surface area contributed by atoms with Gasteiger partial charge in [-0.2, -0.15) is 5.10 Å². The zero-order valence-electron chi connectivity index (χ0n) is 15.4. The van der Waals surface area contributed by atoms with Crippen molar-refractivity contribution in [2.75, 3.05) is 19.6 Å². The van der Waals surface area contributed by atoms with E-state index in [2.05, 4.69) is 43.2 Å². The molecule has 3 fully saturated rings. The van der Waals surface area contributed by atoms with Crippen LogP contribution in [0, 0.1) is 5.92 Å². The van der Waals surface area contributed by atoms with Gasteiger partial charge in [-0.1, -0.05) is 6.07 Å². The third-order valence-electron chi connectivity index (χ3n) is 5.80. The van der Waals surface area contributed by atoms with Gasteiger partial charge in [0.2, 0.25) is 0 Å². The molecule has 27 heavy (non-hydrogen) atoms. The third-order valence-corrected chi connectivity index (χ3v) is 5.80. The fraction of sp³-hybridized carbons (Fsp3) is 0.429. The number of aromatic amines is 1. The van der Waals surface area contributed by atoms with Gasteiger partial charge in [-0.3, -0.25) is 19.9 Å². The first-order chi connectivity index (χ1) is 13.3. The van der Waals surface area contributed by atoms with E-state index in [9.17, 15) is 0 Å². The average Bonchev–Trinajstić information content (AvgIpc) is 3.30. The Bertz CT molecular complexity index is 860. The van der Waals surface area contributed by atoms with Gasteiger partial charge < -0.3 is 4.42 Å². The number of H-pyrrole nitrogens is 1. The number of rotatable bonds is 5. The van der Waals surface area contributed by atoms with Crippen LogP contribution < -0.4 is 0 Å². The van der Waals surface area contributed by atoms with Crippen molar-refractivity contribution in [1.82, 2.24) is 25.0 Å². The van der Waals surface area contributed by atoms with Crippen LogP contribution in [0.5, 0.6) is 0 Å². The van der Waals surface area contributed by atoms with Gasteiger partial charge in [0, 0.05) is 44.6 Å². The van der Waals surface area contributed by atoms with E-state index in [1.807, 2.05) is 24.4 Å². The van der Waals surface area contributed by atoms with E-state index in [0.29, 0.717) is 6.04 Å². The number of aromatic nitrogens is 3. The quantitative estimate of drug-likeness (QED) is 0.754. The second-order valence-electron chi connectivity index (χ2n) is 7.78. The summed E-state index contributed by atoms with van der Waals surface area (Å²) in [6.07, 6.45) is 6.25. The highest BCUT2D eigenvalue weighted by atomic mass is 16.3. The van der Waals surface area contributed by atoms with E-state index in [-0.39, 0.29) is 0 Å². The van der Waals surface area contributed by atoms with Gasteiger partial charge in [-0.15, -0.1) is 0 Å². The summed E-state index contributed by atoms with van der Waals surface area (Å²) >= 11 is 0. The zero-order chi connectivity index (χ0) is 18.1. The molecule has 0 aliphatic carbocycles. The Morgan fingerprint density at radius 3 is 2.85 bits per heavy atom. The molecule has 0 saturated carbocycles. The molecule has 0 amide bonds. The molecule has 6 heterocycles.